The van der Waals surface area contributed by atoms with Crippen LogP contribution in [-0.4, -0.2) is 33.6 Å². The molecule has 1 amide bonds. The molecular formula is C18H21F3N2O2. The minimum Gasteiger partial charge on any atom is -0.362 e. The van der Waals surface area contributed by atoms with Crippen molar-refractivity contribution in [2.45, 2.75) is 56.8 Å². The lowest BCUT2D eigenvalue weighted by Crippen LogP contribution is -2.61. The van der Waals surface area contributed by atoms with Crippen molar-refractivity contribution in [3.05, 3.63) is 35.9 Å². The summed E-state index contributed by atoms with van der Waals surface area (Å²) in [5.41, 5.74) is -2.07. The molecule has 0 saturated heterocycles. The molecule has 2 atom stereocenters. The Hall–Kier alpha value is -1.89. The zero-order valence-electron chi connectivity index (χ0n) is 13.8. The summed E-state index contributed by atoms with van der Waals surface area (Å²) < 4.78 is 41.1. The van der Waals surface area contributed by atoms with Crippen LogP contribution >= 0.6 is 0 Å². The predicted molar refractivity (Wildman–Crippen MR) is 86.6 cm³/mol. The van der Waals surface area contributed by atoms with Gasteiger partial charge in [0.15, 0.2) is 0 Å². The van der Waals surface area contributed by atoms with E-state index in [1.165, 1.54) is 0 Å². The molecule has 1 aromatic rings. The van der Waals surface area contributed by atoms with Crippen LogP contribution in [0, 0.1) is 5.92 Å². The van der Waals surface area contributed by atoms with Gasteiger partial charge in [-0.3, -0.25) is 4.79 Å². The Labute approximate surface area is 144 Å². The molecular weight excluding hydrogens is 333 g/mol. The second-order valence-electron chi connectivity index (χ2n) is 6.66. The number of hydrazone groups is 1. The summed E-state index contributed by atoms with van der Waals surface area (Å²) in [6, 6.07) is 9.06. The molecule has 0 unspecified atom stereocenters. The molecule has 1 aliphatic heterocycles. The number of hydrogen-bond acceptors (Lipinski definition) is 3. The van der Waals surface area contributed by atoms with Gasteiger partial charge in [-0.1, -0.05) is 43.2 Å². The van der Waals surface area contributed by atoms with E-state index in [0.29, 0.717) is 30.0 Å². The number of carbonyl (C=O) groups is 1. The smallest absolute Gasteiger partial charge is 0.362 e. The van der Waals surface area contributed by atoms with Crippen molar-refractivity contribution in [3.8, 4) is 0 Å². The zero-order chi connectivity index (χ0) is 18.1. The van der Waals surface area contributed by atoms with Crippen molar-refractivity contribution in [2.75, 3.05) is 0 Å². The van der Waals surface area contributed by atoms with Gasteiger partial charge in [-0.2, -0.15) is 23.3 Å². The number of nitrogens with zero attached hydrogens (tertiary/aromatic N) is 2. The van der Waals surface area contributed by atoms with Crippen LogP contribution in [0.1, 0.15) is 44.1 Å². The topological polar surface area (TPSA) is 52.9 Å². The summed E-state index contributed by atoms with van der Waals surface area (Å²) in [7, 11) is 0. The van der Waals surface area contributed by atoms with Gasteiger partial charge in [-0.05, 0) is 31.2 Å². The van der Waals surface area contributed by atoms with Gasteiger partial charge in [-0.25, -0.2) is 0 Å². The number of aliphatic hydroxyl groups is 1. The lowest BCUT2D eigenvalue weighted by Gasteiger charge is -2.37. The number of halogens is 3. The fourth-order valence-electron chi connectivity index (χ4n) is 3.64. The molecule has 1 aromatic carbocycles. The molecule has 1 fully saturated rings. The fourth-order valence-corrected chi connectivity index (χ4v) is 3.64. The van der Waals surface area contributed by atoms with Gasteiger partial charge in [0.25, 0.3) is 5.72 Å². The molecule has 136 valence electrons. The van der Waals surface area contributed by atoms with Gasteiger partial charge in [0.05, 0.1) is 5.92 Å². The molecule has 0 spiro atoms. The van der Waals surface area contributed by atoms with Crippen LogP contribution in [0.4, 0.5) is 13.2 Å². The van der Waals surface area contributed by atoms with E-state index in [1.807, 2.05) is 18.2 Å². The van der Waals surface area contributed by atoms with Crippen molar-refractivity contribution in [1.82, 2.24) is 5.01 Å². The molecule has 3 rings (SSSR count). The molecule has 7 heteroatoms. The fraction of sp³-hybridized carbons (Fsp3) is 0.556. The highest BCUT2D eigenvalue weighted by atomic mass is 19.4. The monoisotopic (exact) mass is 354 g/mol. The number of amides is 1. The van der Waals surface area contributed by atoms with Crippen LogP contribution in [-0.2, 0) is 11.2 Å². The van der Waals surface area contributed by atoms with E-state index >= 15 is 0 Å². The van der Waals surface area contributed by atoms with Crippen molar-refractivity contribution < 1.29 is 23.1 Å². The molecule has 1 heterocycles. The van der Waals surface area contributed by atoms with E-state index in [9.17, 15) is 23.1 Å². The van der Waals surface area contributed by atoms with Gasteiger partial charge < -0.3 is 5.11 Å². The molecule has 0 bridgehead atoms. The highest BCUT2D eigenvalue weighted by Crippen LogP contribution is 2.47. The third kappa shape index (κ3) is 3.29. The van der Waals surface area contributed by atoms with E-state index in [1.54, 1.807) is 12.1 Å². The average Bonchev–Trinajstić information content (AvgIpc) is 2.74. The Balaban J connectivity index is 1.83. The van der Waals surface area contributed by atoms with Gasteiger partial charge in [-0.15, -0.1) is 0 Å². The molecule has 4 nitrogen and oxygen atoms in total. The summed E-state index contributed by atoms with van der Waals surface area (Å²) >= 11 is 0. The van der Waals surface area contributed by atoms with Crippen LogP contribution in [0.5, 0.6) is 0 Å². The highest BCUT2D eigenvalue weighted by molar-refractivity contribution is 5.93. The first-order valence-electron chi connectivity index (χ1n) is 8.57. The lowest BCUT2D eigenvalue weighted by atomic mass is 9.87. The quantitative estimate of drug-likeness (QED) is 0.901. The van der Waals surface area contributed by atoms with Gasteiger partial charge in [0.1, 0.15) is 0 Å². The summed E-state index contributed by atoms with van der Waals surface area (Å²) in [6.45, 7) is 0. The van der Waals surface area contributed by atoms with Crippen LogP contribution in [0.3, 0.4) is 0 Å². The molecule has 25 heavy (non-hydrogen) atoms. The van der Waals surface area contributed by atoms with Crippen LogP contribution in [0.2, 0.25) is 0 Å². The molecule has 2 aliphatic rings. The van der Waals surface area contributed by atoms with Crippen LogP contribution < -0.4 is 0 Å². The van der Waals surface area contributed by atoms with Crippen molar-refractivity contribution in [2.24, 2.45) is 11.0 Å². The van der Waals surface area contributed by atoms with Crippen molar-refractivity contribution in [1.29, 1.82) is 0 Å². The van der Waals surface area contributed by atoms with Crippen LogP contribution in [0.15, 0.2) is 35.4 Å². The maximum absolute atomic E-state index is 13.7. The van der Waals surface area contributed by atoms with Crippen molar-refractivity contribution in [3.63, 3.8) is 0 Å². The number of benzene rings is 1. The summed E-state index contributed by atoms with van der Waals surface area (Å²) in [5, 5.41) is 14.8. The third-order valence-corrected chi connectivity index (χ3v) is 4.99. The van der Waals surface area contributed by atoms with Crippen LogP contribution in [0.25, 0.3) is 0 Å². The lowest BCUT2D eigenvalue weighted by molar-refractivity contribution is -0.316. The largest absolute Gasteiger partial charge is 0.439 e. The first-order valence-corrected chi connectivity index (χ1v) is 8.57. The second-order valence-corrected chi connectivity index (χ2v) is 6.66. The Bertz CT molecular complexity index is 660. The minimum atomic E-state index is -4.95. The highest BCUT2D eigenvalue weighted by Gasteiger charge is 2.67. The summed E-state index contributed by atoms with van der Waals surface area (Å²) in [4.78, 5) is 12.5. The zero-order valence-corrected chi connectivity index (χ0v) is 13.8. The number of rotatable bonds is 3. The normalized spacial score (nSPS) is 26.8. The number of alkyl halides is 3. The number of carbonyl (C=O) groups excluding carboxylic acids is 1. The average molecular weight is 354 g/mol. The molecule has 0 radical (unpaired) electrons. The van der Waals surface area contributed by atoms with E-state index in [-0.39, 0.29) is 12.8 Å². The Morgan fingerprint density at radius 1 is 1.24 bits per heavy atom. The van der Waals surface area contributed by atoms with Gasteiger partial charge in [0.2, 0.25) is 5.91 Å². The van der Waals surface area contributed by atoms with Gasteiger partial charge in [0, 0.05) is 12.1 Å². The predicted octanol–water partition coefficient (Wildman–Crippen LogP) is 3.65. The third-order valence-electron chi connectivity index (χ3n) is 4.99. The van der Waals surface area contributed by atoms with Crippen molar-refractivity contribution >= 4 is 11.6 Å². The second kappa shape index (κ2) is 6.78. The maximum atomic E-state index is 13.7. The first kappa shape index (κ1) is 17.9. The standard InChI is InChI=1S/C18H21F3N2O2/c19-18(20,21)17(25)14-9-5-2-6-10-15(14)22-23(17)16(24)12-11-13-7-3-1-4-8-13/h1,3-4,7-8,14,25H,2,5-6,9-12H2/t14-,17+/m1/s1. The molecule has 1 N–H and O–H groups in total. The Morgan fingerprint density at radius 2 is 1.96 bits per heavy atom. The summed E-state index contributed by atoms with van der Waals surface area (Å²) in [6.07, 6.45) is -2.06. The van der Waals surface area contributed by atoms with E-state index in [2.05, 4.69) is 5.10 Å². The maximum Gasteiger partial charge on any atom is 0.439 e. The number of aryl methyl sites for hydroxylation is 1. The molecule has 0 aromatic heterocycles. The minimum absolute atomic E-state index is 0.133. The number of fused-ring (bicyclic) bond motifs is 1. The van der Waals surface area contributed by atoms with E-state index in [0.717, 1.165) is 18.4 Å². The Kier molecular flexibility index (Phi) is 4.86. The first-order chi connectivity index (χ1) is 11.8. The molecule has 1 saturated carbocycles. The Morgan fingerprint density at radius 3 is 2.64 bits per heavy atom. The number of hydrogen-bond donors (Lipinski definition) is 1. The van der Waals surface area contributed by atoms with E-state index < -0.39 is 23.7 Å². The van der Waals surface area contributed by atoms with E-state index in [4.69, 9.17) is 0 Å². The summed E-state index contributed by atoms with van der Waals surface area (Å²) in [5.74, 6) is -1.96. The SMILES string of the molecule is O=C(CCc1ccccc1)N1N=C2CCCCC[C@H]2[C@]1(O)C(F)(F)F. The van der Waals surface area contributed by atoms with Gasteiger partial charge >= 0.3 is 6.18 Å². The molecule has 1 aliphatic carbocycles.